The van der Waals surface area contributed by atoms with Crippen LogP contribution in [0.4, 0.5) is 0 Å². The van der Waals surface area contributed by atoms with Crippen molar-refractivity contribution >= 4 is 15.3 Å². The first kappa shape index (κ1) is 22.4. The van der Waals surface area contributed by atoms with Crippen LogP contribution in [0.1, 0.15) is 94.8 Å². The van der Waals surface area contributed by atoms with Gasteiger partial charge in [-0.1, -0.05) is 54.5 Å². The van der Waals surface area contributed by atoms with Gasteiger partial charge in [-0.15, -0.1) is 0 Å². The molecular formula is C24H40O2Si. The van der Waals surface area contributed by atoms with E-state index in [0.717, 1.165) is 24.7 Å². The number of benzene rings is 1. The van der Waals surface area contributed by atoms with E-state index in [2.05, 4.69) is 73.7 Å². The van der Waals surface area contributed by atoms with Gasteiger partial charge in [-0.2, -0.15) is 0 Å². The predicted molar refractivity (Wildman–Crippen MR) is 119 cm³/mol. The van der Waals surface area contributed by atoms with Gasteiger partial charge < -0.3 is 4.43 Å². The van der Waals surface area contributed by atoms with Crippen LogP contribution in [0.3, 0.4) is 0 Å². The number of carbonyl (C=O) groups is 1. The third kappa shape index (κ3) is 5.11. The molecule has 152 valence electrons. The Kier molecular flexibility index (Phi) is 6.48. The molecule has 0 saturated carbocycles. The van der Waals surface area contributed by atoms with E-state index in [4.69, 9.17) is 4.43 Å². The van der Waals surface area contributed by atoms with E-state index in [-0.39, 0.29) is 22.3 Å². The normalized spacial score (nSPS) is 19.6. The number of rotatable bonds is 6. The largest absolute Gasteiger partial charge is 0.417 e. The van der Waals surface area contributed by atoms with E-state index in [0.29, 0.717) is 0 Å². The van der Waals surface area contributed by atoms with Crippen LogP contribution in [-0.4, -0.2) is 21.4 Å². The van der Waals surface area contributed by atoms with Gasteiger partial charge in [0.2, 0.25) is 0 Å². The fourth-order valence-electron chi connectivity index (χ4n) is 4.32. The van der Waals surface area contributed by atoms with Gasteiger partial charge in [0.25, 0.3) is 0 Å². The molecule has 1 aliphatic carbocycles. The average Bonchev–Trinajstić information content (AvgIpc) is 2.54. The fraction of sp³-hybridized carbons (Fsp3) is 0.708. The lowest BCUT2D eigenvalue weighted by Crippen LogP contribution is -2.35. The first-order chi connectivity index (χ1) is 12.3. The lowest BCUT2D eigenvalue weighted by Gasteiger charge is -2.42. The molecule has 1 aromatic rings. The predicted octanol–water partition coefficient (Wildman–Crippen LogP) is 6.20. The molecule has 0 N–H and O–H groups in total. The van der Waals surface area contributed by atoms with Crippen LogP contribution >= 0.6 is 0 Å². The van der Waals surface area contributed by atoms with E-state index in [1.165, 1.54) is 29.5 Å². The zero-order valence-electron chi connectivity index (χ0n) is 19.0. The molecule has 0 heterocycles. The summed E-state index contributed by atoms with van der Waals surface area (Å²) in [6.07, 6.45) is 5.53. The van der Waals surface area contributed by atoms with Crippen molar-refractivity contribution in [2.24, 2.45) is 5.41 Å². The molecule has 0 aromatic heterocycles. The zero-order valence-corrected chi connectivity index (χ0v) is 20.2. The maximum atomic E-state index is 11.9. The van der Waals surface area contributed by atoms with Crippen molar-refractivity contribution in [2.45, 2.75) is 104 Å². The maximum absolute atomic E-state index is 11.9. The summed E-state index contributed by atoms with van der Waals surface area (Å²) in [7, 11) is -1.10. The van der Waals surface area contributed by atoms with Gasteiger partial charge >= 0.3 is 0 Å². The Morgan fingerprint density at radius 3 is 2.04 bits per heavy atom. The van der Waals surface area contributed by atoms with Crippen molar-refractivity contribution in [2.75, 3.05) is 0 Å². The first-order valence-electron chi connectivity index (χ1n) is 10.6. The fourth-order valence-corrected chi connectivity index (χ4v) is 5.52. The molecule has 2 rings (SSSR count). The highest BCUT2D eigenvalue weighted by Crippen LogP contribution is 2.46. The van der Waals surface area contributed by atoms with Gasteiger partial charge in [-0.05, 0) is 77.8 Å². The Labute approximate surface area is 168 Å². The first-order valence-corrected chi connectivity index (χ1v) is 13.3. The summed E-state index contributed by atoms with van der Waals surface area (Å²) in [5.41, 5.74) is 5.29. The molecule has 2 nitrogen and oxygen atoms in total. The summed E-state index contributed by atoms with van der Waals surface area (Å²) >= 11 is 0. The molecule has 0 fully saturated rings. The molecule has 1 atom stereocenters. The number of aryl methyl sites for hydroxylation is 1. The minimum Gasteiger partial charge on any atom is -0.417 e. The smallest absolute Gasteiger partial charge is 0.171 e. The molecule has 0 aliphatic heterocycles. The molecule has 0 amide bonds. The number of hydrogen-bond donors (Lipinski definition) is 0. The number of hydrogen-bond acceptors (Lipinski definition) is 2. The minimum atomic E-state index is -1.10. The van der Waals surface area contributed by atoms with Crippen molar-refractivity contribution in [3.05, 3.63) is 34.4 Å². The van der Waals surface area contributed by atoms with Crippen molar-refractivity contribution in [1.29, 1.82) is 0 Å². The van der Waals surface area contributed by atoms with Crippen LogP contribution in [0.15, 0.2) is 12.1 Å². The molecule has 1 unspecified atom stereocenters. The number of aldehydes is 1. The van der Waals surface area contributed by atoms with Gasteiger partial charge in [-0.3, -0.25) is 4.79 Å². The Morgan fingerprint density at radius 1 is 1.07 bits per heavy atom. The standard InChI is InChI=1S/C24H40O2Si/c1-22(2,3)21(26-27(8)9)11-10-17-14-19-20(15-18(17)16-25)24(6,7)13-12-23(19,4)5/h14-16,21,27H,10-13H2,1-9H3. The second-order valence-corrected chi connectivity index (χ2v) is 13.4. The van der Waals surface area contributed by atoms with E-state index < -0.39 is 9.04 Å². The molecule has 27 heavy (non-hydrogen) atoms. The number of fused-ring (bicyclic) bond motifs is 1. The summed E-state index contributed by atoms with van der Waals surface area (Å²) in [5, 5.41) is 0. The van der Waals surface area contributed by atoms with E-state index in [1.807, 2.05) is 0 Å². The summed E-state index contributed by atoms with van der Waals surface area (Å²) in [5.74, 6) is 0. The second-order valence-electron chi connectivity index (χ2n) is 11.1. The third-order valence-corrected chi connectivity index (χ3v) is 7.19. The van der Waals surface area contributed by atoms with E-state index in [1.54, 1.807) is 0 Å². The lowest BCUT2D eigenvalue weighted by atomic mass is 9.62. The van der Waals surface area contributed by atoms with Crippen LogP contribution < -0.4 is 0 Å². The Balaban J connectivity index is 2.39. The van der Waals surface area contributed by atoms with Gasteiger partial charge in [0.1, 0.15) is 6.29 Å². The van der Waals surface area contributed by atoms with Crippen LogP contribution in [0, 0.1) is 5.41 Å². The molecule has 3 heteroatoms. The zero-order chi connectivity index (χ0) is 20.6. The van der Waals surface area contributed by atoms with Crippen molar-refractivity contribution in [3.8, 4) is 0 Å². The van der Waals surface area contributed by atoms with Crippen LogP contribution in [0.2, 0.25) is 13.1 Å². The second kappa shape index (κ2) is 7.83. The minimum absolute atomic E-state index is 0.119. The monoisotopic (exact) mass is 388 g/mol. The van der Waals surface area contributed by atoms with Gasteiger partial charge in [0.15, 0.2) is 9.04 Å². The Bertz CT molecular complexity index is 680. The molecular weight excluding hydrogens is 348 g/mol. The van der Waals surface area contributed by atoms with Gasteiger partial charge in [-0.25, -0.2) is 0 Å². The summed E-state index contributed by atoms with van der Waals surface area (Å²) in [6.45, 7) is 20.6. The topological polar surface area (TPSA) is 26.3 Å². The average molecular weight is 389 g/mol. The summed E-state index contributed by atoms with van der Waals surface area (Å²) in [4.78, 5) is 11.9. The Morgan fingerprint density at radius 2 is 1.59 bits per heavy atom. The highest BCUT2D eigenvalue weighted by molar-refractivity contribution is 6.48. The molecule has 1 aliphatic rings. The molecule has 0 radical (unpaired) electrons. The van der Waals surface area contributed by atoms with Crippen molar-refractivity contribution < 1.29 is 9.22 Å². The van der Waals surface area contributed by atoms with Crippen LogP contribution in [0.25, 0.3) is 0 Å². The van der Waals surface area contributed by atoms with Crippen LogP contribution in [0.5, 0.6) is 0 Å². The number of carbonyl (C=O) groups excluding carboxylic acids is 1. The van der Waals surface area contributed by atoms with Crippen LogP contribution in [-0.2, 0) is 21.7 Å². The molecule has 0 bridgehead atoms. The van der Waals surface area contributed by atoms with E-state index >= 15 is 0 Å². The molecule has 1 aromatic carbocycles. The van der Waals surface area contributed by atoms with Gasteiger partial charge in [0, 0.05) is 11.7 Å². The summed E-state index contributed by atoms with van der Waals surface area (Å²) in [6, 6.07) is 4.52. The summed E-state index contributed by atoms with van der Waals surface area (Å²) < 4.78 is 6.35. The highest BCUT2D eigenvalue weighted by atomic mass is 28.3. The maximum Gasteiger partial charge on any atom is 0.171 e. The quantitative estimate of drug-likeness (QED) is 0.428. The molecule has 0 saturated heterocycles. The van der Waals surface area contributed by atoms with Gasteiger partial charge in [0.05, 0.1) is 0 Å². The van der Waals surface area contributed by atoms with Crippen molar-refractivity contribution in [3.63, 3.8) is 0 Å². The Hall–Kier alpha value is -0.933. The molecule has 0 spiro atoms. The SMILES string of the molecule is C[SiH](C)OC(CCc1cc2c(cc1C=O)C(C)(C)CCC2(C)C)C(C)(C)C. The van der Waals surface area contributed by atoms with E-state index in [9.17, 15) is 4.79 Å². The van der Waals surface area contributed by atoms with Crippen molar-refractivity contribution in [1.82, 2.24) is 0 Å². The third-order valence-electron chi connectivity index (χ3n) is 6.32. The lowest BCUT2D eigenvalue weighted by molar-refractivity contribution is 0.0787. The highest BCUT2D eigenvalue weighted by Gasteiger charge is 2.37.